The zero-order valence-corrected chi connectivity index (χ0v) is 16.1. The second-order valence-corrected chi connectivity index (χ2v) is 7.70. The molecule has 2 N–H and O–H groups in total. The summed E-state index contributed by atoms with van der Waals surface area (Å²) < 4.78 is 0. The Labute approximate surface area is 160 Å². The highest BCUT2D eigenvalue weighted by molar-refractivity contribution is 5.96. The van der Waals surface area contributed by atoms with Crippen LogP contribution in [0.25, 0.3) is 0 Å². The maximum Gasteiger partial charge on any atom is 0.339 e. The monoisotopic (exact) mass is 374 g/mol. The first-order chi connectivity index (χ1) is 13.0. The van der Waals surface area contributed by atoms with Crippen LogP contribution in [0.5, 0.6) is 0 Å². The van der Waals surface area contributed by atoms with E-state index in [1.54, 1.807) is 0 Å². The van der Waals surface area contributed by atoms with Gasteiger partial charge >= 0.3 is 5.97 Å². The minimum atomic E-state index is -1.02. The fourth-order valence-corrected chi connectivity index (χ4v) is 4.12. The summed E-state index contributed by atoms with van der Waals surface area (Å²) in [5.41, 5.74) is 0.563. The van der Waals surface area contributed by atoms with Gasteiger partial charge in [0.2, 0.25) is 5.91 Å². The molecule has 0 spiro atoms. The second kappa shape index (κ2) is 9.17. The van der Waals surface area contributed by atoms with Crippen molar-refractivity contribution in [1.29, 1.82) is 0 Å². The lowest BCUT2D eigenvalue weighted by molar-refractivity contribution is -0.114. The Kier molecular flexibility index (Phi) is 6.66. The van der Waals surface area contributed by atoms with Crippen LogP contribution in [-0.2, 0) is 4.79 Å². The number of anilines is 2. The summed E-state index contributed by atoms with van der Waals surface area (Å²) in [7, 11) is 0. The highest BCUT2D eigenvalue weighted by Crippen LogP contribution is 2.28. The summed E-state index contributed by atoms with van der Waals surface area (Å²) >= 11 is 0. The van der Waals surface area contributed by atoms with Crippen molar-refractivity contribution in [2.45, 2.75) is 45.4 Å². The molecule has 7 nitrogen and oxygen atoms in total. The quantitative estimate of drug-likeness (QED) is 0.796. The van der Waals surface area contributed by atoms with Crippen LogP contribution in [0.3, 0.4) is 0 Å². The molecule has 7 heteroatoms. The van der Waals surface area contributed by atoms with E-state index in [9.17, 15) is 14.7 Å². The molecule has 3 heterocycles. The first kappa shape index (κ1) is 19.6. The van der Waals surface area contributed by atoms with Crippen molar-refractivity contribution in [3.8, 4) is 0 Å². The molecule has 0 aromatic carbocycles. The van der Waals surface area contributed by atoms with Gasteiger partial charge in [-0.15, -0.1) is 0 Å². The molecule has 1 aromatic rings. The molecule has 27 heavy (non-hydrogen) atoms. The fraction of sp³-hybridized carbons (Fsp3) is 0.650. The zero-order valence-electron chi connectivity index (χ0n) is 16.1. The lowest BCUT2D eigenvalue weighted by Crippen LogP contribution is -2.37. The molecule has 2 aliphatic heterocycles. The van der Waals surface area contributed by atoms with Crippen LogP contribution in [-0.4, -0.2) is 59.6 Å². The van der Waals surface area contributed by atoms with Gasteiger partial charge in [0.15, 0.2) is 0 Å². The minimum Gasteiger partial charge on any atom is -0.478 e. The highest BCUT2D eigenvalue weighted by atomic mass is 16.4. The average molecular weight is 374 g/mol. The van der Waals surface area contributed by atoms with Crippen LogP contribution in [0.15, 0.2) is 12.3 Å². The predicted octanol–water partition coefficient (Wildman–Crippen LogP) is 2.83. The lowest BCUT2D eigenvalue weighted by Gasteiger charge is -2.35. The van der Waals surface area contributed by atoms with Crippen molar-refractivity contribution in [1.82, 2.24) is 9.88 Å². The third kappa shape index (κ3) is 5.42. The number of rotatable bonds is 6. The number of aromatic nitrogens is 1. The Morgan fingerprint density at radius 2 is 1.89 bits per heavy atom. The topological polar surface area (TPSA) is 85.8 Å². The van der Waals surface area contributed by atoms with Crippen molar-refractivity contribution < 1.29 is 14.7 Å². The van der Waals surface area contributed by atoms with Crippen LogP contribution in [0, 0.1) is 5.92 Å². The summed E-state index contributed by atoms with van der Waals surface area (Å²) in [6, 6.07) is 1.49. The van der Waals surface area contributed by atoms with Gasteiger partial charge in [-0.05, 0) is 63.7 Å². The van der Waals surface area contributed by atoms with Gasteiger partial charge in [-0.25, -0.2) is 9.78 Å². The number of carbonyl (C=O) groups excluding carboxylic acids is 1. The van der Waals surface area contributed by atoms with Gasteiger partial charge in [0, 0.05) is 20.0 Å². The first-order valence-electron chi connectivity index (χ1n) is 10.0. The van der Waals surface area contributed by atoms with Gasteiger partial charge in [-0.2, -0.15) is 0 Å². The van der Waals surface area contributed by atoms with Gasteiger partial charge < -0.3 is 20.2 Å². The van der Waals surface area contributed by atoms with Gasteiger partial charge in [0.1, 0.15) is 11.4 Å². The van der Waals surface area contributed by atoms with Gasteiger partial charge in [-0.1, -0.05) is 6.42 Å². The molecular weight excluding hydrogens is 344 g/mol. The molecule has 1 aromatic heterocycles. The van der Waals surface area contributed by atoms with E-state index in [1.165, 1.54) is 64.5 Å². The van der Waals surface area contributed by atoms with E-state index in [0.29, 0.717) is 17.4 Å². The fourth-order valence-electron chi connectivity index (χ4n) is 4.12. The molecule has 3 rings (SSSR count). The number of likely N-dealkylation sites (tertiary alicyclic amines) is 1. The van der Waals surface area contributed by atoms with Crippen LogP contribution in [0.4, 0.5) is 11.5 Å². The molecule has 0 bridgehead atoms. The molecule has 2 saturated heterocycles. The zero-order chi connectivity index (χ0) is 19.2. The van der Waals surface area contributed by atoms with Crippen LogP contribution < -0.4 is 10.2 Å². The lowest BCUT2D eigenvalue weighted by atomic mass is 9.93. The van der Waals surface area contributed by atoms with Crippen molar-refractivity contribution in [3.63, 3.8) is 0 Å². The number of amides is 1. The van der Waals surface area contributed by atoms with Gasteiger partial charge in [0.05, 0.1) is 11.9 Å². The number of carboxylic acid groups (broad SMARTS) is 1. The van der Waals surface area contributed by atoms with Crippen LogP contribution >= 0.6 is 0 Å². The summed E-state index contributed by atoms with van der Waals surface area (Å²) in [6.45, 7) is 6.73. The third-order valence-corrected chi connectivity index (χ3v) is 5.63. The number of hydrogen-bond donors (Lipinski definition) is 2. The predicted molar refractivity (Wildman–Crippen MR) is 105 cm³/mol. The van der Waals surface area contributed by atoms with E-state index < -0.39 is 5.97 Å². The van der Waals surface area contributed by atoms with Crippen molar-refractivity contribution in [2.24, 2.45) is 5.92 Å². The molecule has 2 aliphatic rings. The molecular formula is C20H30N4O3. The van der Waals surface area contributed by atoms with Crippen LogP contribution in [0.1, 0.15) is 55.8 Å². The number of nitrogens with zero attached hydrogens (tertiary/aromatic N) is 3. The highest BCUT2D eigenvalue weighted by Gasteiger charge is 2.25. The molecule has 0 saturated carbocycles. The molecule has 148 valence electrons. The van der Waals surface area contributed by atoms with Crippen molar-refractivity contribution in [3.05, 3.63) is 17.8 Å². The van der Waals surface area contributed by atoms with E-state index in [0.717, 1.165) is 25.9 Å². The molecule has 0 aliphatic carbocycles. The standard InChI is InChI=1S/C20H30N4O3/c1-15(25)22-17-13-18(20(26)27)19(21-14-17)24-11-6-16(7-12-24)5-10-23-8-3-2-4-9-23/h13-14,16H,2-12H2,1H3,(H,22,25)(H,26,27). The number of piperidine rings is 2. The van der Waals surface area contributed by atoms with E-state index in [-0.39, 0.29) is 11.5 Å². The second-order valence-electron chi connectivity index (χ2n) is 7.70. The van der Waals surface area contributed by atoms with E-state index >= 15 is 0 Å². The number of carboxylic acids is 1. The number of pyridine rings is 1. The van der Waals surface area contributed by atoms with Gasteiger partial charge in [-0.3, -0.25) is 4.79 Å². The molecule has 0 radical (unpaired) electrons. The normalized spacial score (nSPS) is 19.1. The number of nitrogens with one attached hydrogen (secondary N) is 1. The number of aromatic carboxylic acids is 1. The largest absolute Gasteiger partial charge is 0.478 e. The van der Waals surface area contributed by atoms with E-state index in [1.807, 2.05) is 0 Å². The summed E-state index contributed by atoms with van der Waals surface area (Å²) in [5, 5.41) is 12.1. The Balaban J connectivity index is 1.56. The summed E-state index contributed by atoms with van der Waals surface area (Å²) in [5.74, 6) is -0.0477. The molecule has 1 amide bonds. The summed E-state index contributed by atoms with van der Waals surface area (Å²) in [6.07, 6.45) is 8.94. The minimum absolute atomic E-state index is 0.146. The van der Waals surface area contributed by atoms with Crippen molar-refractivity contribution in [2.75, 3.05) is 42.9 Å². The Morgan fingerprint density at radius 1 is 1.19 bits per heavy atom. The molecule has 0 atom stereocenters. The number of carbonyl (C=O) groups is 2. The maximum atomic E-state index is 11.7. The maximum absolute atomic E-state index is 11.7. The Hall–Kier alpha value is -2.15. The van der Waals surface area contributed by atoms with Crippen LogP contribution in [0.2, 0.25) is 0 Å². The van der Waals surface area contributed by atoms with Crippen molar-refractivity contribution >= 4 is 23.4 Å². The Morgan fingerprint density at radius 3 is 2.52 bits per heavy atom. The third-order valence-electron chi connectivity index (χ3n) is 5.63. The van der Waals surface area contributed by atoms with E-state index in [2.05, 4.69) is 20.1 Å². The first-order valence-corrected chi connectivity index (χ1v) is 10.0. The number of hydrogen-bond acceptors (Lipinski definition) is 5. The molecule has 2 fully saturated rings. The van der Waals surface area contributed by atoms with E-state index in [4.69, 9.17) is 0 Å². The summed E-state index contributed by atoms with van der Waals surface area (Å²) in [4.78, 5) is 31.8. The van der Waals surface area contributed by atoms with Gasteiger partial charge in [0.25, 0.3) is 0 Å². The SMILES string of the molecule is CC(=O)Nc1cnc(N2CCC(CCN3CCCCC3)CC2)c(C(=O)O)c1. The average Bonchev–Trinajstić information content (AvgIpc) is 2.67. The molecule has 0 unspecified atom stereocenters. The Bertz CT molecular complexity index is 665. The smallest absolute Gasteiger partial charge is 0.339 e.